The average molecular weight is 292 g/mol. The zero-order valence-electron chi connectivity index (χ0n) is 11.4. The topological polar surface area (TPSA) is 66.5 Å². The summed E-state index contributed by atoms with van der Waals surface area (Å²) in [5, 5.41) is 11.6. The second-order valence-electron chi connectivity index (χ2n) is 6.25. The monoisotopic (exact) mass is 291 g/mol. The van der Waals surface area contributed by atoms with Crippen LogP contribution in [-0.2, 0) is 0 Å². The number of rotatable bonds is 3. The molecule has 2 heterocycles. The van der Waals surface area contributed by atoms with Gasteiger partial charge in [-0.25, -0.2) is 0 Å². The maximum Gasteiger partial charge on any atom is 0.226 e. The van der Waals surface area contributed by atoms with E-state index in [1.165, 1.54) is 25.7 Å². The summed E-state index contributed by atoms with van der Waals surface area (Å²) in [5.41, 5.74) is 0.688. The molecular weight excluding hydrogens is 274 g/mol. The van der Waals surface area contributed by atoms with Gasteiger partial charge in [-0.1, -0.05) is 6.42 Å². The van der Waals surface area contributed by atoms with Gasteiger partial charge >= 0.3 is 0 Å². The van der Waals surface area contributed by atoms with E-state index in [1.54, 1.807) is 6.20 Å². The fourth-order valence-corrected chi connectivity index (χ4v) is 4.32. The number of anilines is 1. The molecule has 2 aromatic heterocycles. The highest BCUT2D eigenvalue weighted by Crippen LogP contribution is 2.49. The van der Waals surface area contributed by atoms with E-state index in [4.69, 9.17) is 11.6 Å². The van der Waals surface area contributed by atoms with Gasteiger partial charge in [0.25, 0.3) is 0 Å². The molecule has 4 atom stereocenters. The molecule has 106 valence electrons. The summed E-state index contributed by atoms with van der Waals surface area (Å²) in [5.74, 6) is 3.39. The molecule has 20 heavy (non-hydrogen) atoms. The van der Waals surface area contributed by atoms with Crippen molar-refractivity contribution in [2.24, 2.45) is 17.8 Å². The molecule has 4 rings (SSSR count). The number of nitrogens with zero attached hydrogens (tertiary/aromatic N) is 3. The van der Waals surface area contributed by atoms with E-state index in [-0.39, 0.29) is 5.28 Å². The Balaban J connectivity index is 1.59. The second kappa shape index (κ2) is 4.58. The van der Waals surface area contributed by atoms with Gasteiger partial charge in [0.1, 0.15) is 5.82 Å². The number of hydrogen-bond donors (Lipinski definition) is 2. The van der Waals surface area contributed by atoms with E-state index in [2.05, 4.69) is 32.4 Å². The third kappa shape index (κ3) is 1.95. The SMILES string of the molecule is CC(Nc1nc(Cl)nc2[nH]ncc12)C1CC2CCC1C2. The maximum atomic E-state index is 5.98. The minimum absolute atomic E-state index is 0.254. The normalized spacial score (nSPS) is 30.0. The summed E-state index contributed by atoms with van der Waals surface area (Å²) < 4.78 is 0. The number of H-pyrrole nitrogens is 1. The number of nitrogens with one attached hydrogen (secondary N) is 2. The molecule has 6 heteroatoms. The highest BCUT2D eigenvalue weighted by atomic mass is 35.5. The van der Waals surface area contributed by atoms with Crippen molar-refractivity contribution >= 4 is 28.5 Å². The van der Waals surface area contributed by atoms with Crippen LogP contribution in [0.1, 0.15) is 32.6 Å². The van der Waals surface area contributed by atoms with Gasteiger partial charge in [-0.05, 0) is 55.5 Å². The fraction of sp³-hybridized carbons (Fsp3) is 0.643. The highest BCUT2D eigenvalue weighted by molar-refractivity contribution is 6.28. The Kier molecular flexibility index (Phi) is 2.84. The summed E-state index contributed by atoms with van der Waals surface area (Å²) in [4.78, 5) is 8.47. The molecule has 4 unspecified atom stereocenters. The molecule has 2 fully saturated rings. The number of fused-ring (bicyclic) bond motifs is 3. The van der Waals surface area contributed by atoms with Crippen LogP contribution in [0, 0.1) is 17.8 Å². The van der Waals surface area contributed by atoms with Crippen LogP contribution in [0.15, 0.2) is 6.20 Å². The van der Waals surface area contributed by atoms with Crippen LogP contribution in [0.4, 0.5) is 5.82 Å². The Hall–Kier alpha value is -1.36. The zero-order valence-corrected chi connectivity index (χ0v) is 12.2. The molecule has 2 N–H and O–H groups in total. The molecule has 0 saturated heterocycles. The van der Waals surface area contributed by atoms with Crippen molar-refractivity contribution < 1.29 is 0 Å². The summed E-state index contributed by atoms with van der Waals surface area (Å²) in [6.45, 7) is 2.26. The predicted molar refractivity (Wildman–Crippen MR) is 78.7 cm³/mol. The van der Waals surface area contributed by atoms with Crippen LogP contribution in [-0.4, -0.2) is 26.2 Å². The summed E-state index contributed by atoms with van der Waals surface area (Å²) in [7, 11) is 0. The third-order valence-corrected chi connectivity index (χ3v) is 5.25. The first-order valence-electron chi connectivity index (χ1n) is 7.34. The van der Waals surface area contributed by atoms with Gasteiger partial charge in [0.15, 0.2) is 5.65 Å². The van der Waals surface area contributed by atoms with Crippen LogP contribution in [0.3, 0.4) is 0 Å². The molecule has 0 aromatic carbocycles. The molecule has 0 spiro atoms. The van der Waals surface area contributed by atoms with Crippen molar-refractivity contribution in [2.45, 2.75) is 38.6 Å². The lowest BCUT2D eigenvalue weighted by Gasteiger charge is -2.29. The smallest absolute Gasteiger partial charge is 0.226 e. The fourth-order valence-electron chi connectivity index (χ4n) is 4.15. The van der Waals surface area contributed by atoms with Gasteiger partial charge in [0, 0.05) is 6.04 Å². The average Bonchev–Trinajstić information content (AvgIpc) is 3.13. The van der Waals surface area contributed by atoms with Gasteiger partial charge in [-0.2, -0.15) is 15.1 Å². The van der Waals surface area contributed by atoms with Gasteiger partial charge in [-0.15, -0.1) is 0 Å². The van der Waals surface area contributed by atoms with Crippen molar-refractivity contribution in [2.75, 3.05) is 5.32 Å². The van der Waals surface area contributed by atoms with E-state index < -0.39 is 0 Å². The third-order valence-electron chi connectivity index (χ3n) is 5.08. The quantitative estimate of drug-likeness (QED) is 0.852. The maximum absolute atomic E-state index is 5.98. The molecule has 0 radical (unpaired) electrons. The van der Waals surface area contributed by atoms with Crippen LogP contribution < -0.4 is 5.32 Å². The van der Waals surface area contributed by atoms with Crippen LogP contribution in [0.25, 0.3) is 11.0 Å². The van der Waals surface area contributed by atoms with Crippen LogP contribution in [0.2, 0.25) is 5.28 Å². The summed E-state index contributed by atoms with van der Waals surface area (Å²) in [6.07, 6.45) is 7.35. The van der Waals surface area contributed by atoms with E-state index in [9.17, 15) is 0 Å². The molecular formula is C14H18ClN5. The van der Waals surface area contributed by atoms with Crippen molar-refractivity contribution in [1.82, 2.24) is 20.2 Å². The predicted octanol–water partition coefficient (Wildman–Crippen LogP) is 3.24. The Bertz CT molecular complexity index is 640. The number of aromatic amines is 1. The van der Waals surface area contributed by atoms with Crippen LogP contribution >= 0.6 is 11.6 Å². The lowest BCUT2D eigenvalue weighted by Crippen LogP contribution is -2.30. The zero-order chi connectivity index (χ0) is 13.7. The van der Waals surface area contributed by atoms with Gasteiger partial charge in [-0.3, -0.25) is 5.10 Å². The van der Waals surface area contributed by atoms with E-state index in [0.717, 1.165) is 29.0 Å². The minimum atomic E-state index is 0.254. The van der Waals surface area contributed by atoms with Crippen molar-refractivity contribution in [3.63, 3.8) is 0 Å². The van der Waals surface area contributed by atoms with E-state index in [0.29, 0.717) is 11.7 Å². The van der Waals surface area contributed by atoms with Crippen molar-refractivity contribution in [3.05, 3.63) is 11.5 Å². The Morgan fingerprint density at radius 1 is 1.35 bits per heavy atom. The summed E-state index contributed by atoms with van der Waals surface area (Å²) >= 11 is 5.98. The largest absolute Gasteiger partial charge is 0.367 e. The van der Waals surface area contributed by atoms with E-state index >= 15 is 0 Å². The van der Waals surface area contributed by atoms with Gasteiger partial charge in [0.2, 0.25) is 5.28 Å². The molecule has 2 aromatic rings. The van der Waals surface area contributed by atoms with E-state index in [1.807, 2.05) is 0 Å². The minimum Gasteiger partial charge on any atom is -0.367 e. The standard InChI is InChI=1S/C14H18ClN5/c1-7(10-5-8-2-3-9(10)4-8)17-12-11-6-16-20-13(11)19-14(15)18-12/h6-10H,2-5H2,1H3,(H2,16,17,18,19,20). The Morgan fingerprint density at radius 2 is 2.25 bits per heavy atom. The molecule has 0 aliphatic heterocycles. The molecule has 2 bridgehead atoms. The first kappa shape index (κ1) is 12.4. The lowest BCUT2D eigenvalue weighted by molar-refractivity contribution is 0.304. The Labute approximate surface area is 122 Å². The number of aromatic nitrogens is 4. The first-order valence-corrected chi connectivity index (χ1v) is 7.71. The molecule has 5 nitrogen and oxygen atoms in total. The highest BCUT2D eigenvalue weighted by Gasteiger charge is 2.41. The first-order chi connectivity index (χ1) is 9.70. The van der Waals surface area contributed by atoms with Crippen LogP contribution in [0.5, 0.6) is 0 Å². The molecule has 2 saturated carbocycles. The number of halogens is 1. The number of hydrogen-bond acceptors (Lipinski definition) is 4. The summed E-state index contributed by atoms with van der Waals surface area (Å²) in [6, 6.07) is 0.411. The lowest BCUT2D eigenvalue weighted by atomic mass is 9.84. The van der Waals surface area contributed by atoms with Gasteiger partial charge in [0.05, 0.1) is 11.6 Å². The molecule has 0 amide bonds. The molecule has 2 aliphatic carbocycles. The molecule has 2 aliphatic rings. The van der Waals surface area contributed by atoms with Crippen molar-refractivity contribution in [1.29, 1.82) is 0 Å². The Morgan fingerprint density at radius 3 is 3.00 bits per heavy atom. The second-order valence-corrected chi connectivity index (χ2v) is 6.58. The van der Waals surface area contributed by atoms with Gasteiger partial charge < -0.3 is 5.32 Å². The van der Waals surface area contributed by atoms with Crippen molar-refractivity contribution in [3.8, 4) is 0 Å².